The molecule has 118 valence electrons. The van der Waals surface area contributed by atoms with E-state index in [1.54, 1.807) is 18.9 Å². The van der Waals surface area contributed by atoms with Crippen molar-refractivity contribution < 1.29 is 9.84 Å². The van der Waals surface area contributed by atoms with E-state index in [2.05, 4.69) is 36.7 Å². The molecule has 0 aromatic heterocycles. The lowest BCUT2D eigenvalue weighted by molar-refractivity contribution is 0.00300. The van der Waals surface area contributed by atoms with E-state index in [4.69, 9.17) is 4.74 Å². The van der Waals surface area contributed by atoms with Gasteiger partial charge in [-0.3, -0.25) is 0 Å². The van der Waals surface area contributed by atoms with Gasteiger partial charge in [0.15, 0.2) is 0 Å². The van der Waals surface area contributed by atoms with Crippen LogP contribution in [-0.2, 0) is 0 Å². The first-order chi connectivity index (χ1) is 10.1. The highest BCUT2D eigenvalue weighted by Gasteiger charge is 2.29. The summed E-state index contributed by atoms with van der Waals surface area (Å²) >= 11 is 1.69. The zero-order valence-electron chi connectivity index (χ0n) is 13.3. The van der Waals surface area contributed by atoms with Crippen LogP contribution in [0.4, 0.5) is 0 Å². The molecule has 2 N–H and O–H groups in total. The standard InChI is InChI=1S/C17H27NO2S/c1-13(18-12-17(19)9-5-4-6-10-17)14-7-8-16(21-3)15(11-14)20-2/h7-8,11,13,18-19H,4-6,9-10,12H2,1-3H3. The highest BCUT2D eigenvalue weighted by molar-refractivity contribution is 7.98. The van der Waals surface area contributed by atoms with E-state index in [9.17, 15) is 5.11 Å². The van der Waals surface area contributed by atoms with Gasteiger partial charge in [-0.05, 0) is 43.7 Å². The van der Waals surface area contributed by atoms with Crippen molar-refractivity contribution in [2.75, 3.05) is 19.9 Å². The Balaban J connectivity index is 1.98. The Labute approximate surface area is 132 Å². The minimum Gasteiger partial charge on any atom is -0.496 e. The average Bonchev–Trinajstić information content (AvgIpc) is 2.52. The largest absolute Gasteiger partial charge is 0.496 e. The fraction of sp³-hybridized carbons (Fsp3) is 0.647. The topological polar surface area (TPSA) is 41.5 Å². The lowest BCUT2D eigenvalue weighted by Crippen LogP contribution is -2.42. The molecule has 0 radical (unpaired) electrons. The molecule has 1 aliphatic rings. The molecule has 2 rings (SSSR count). The Bertz CT molecular complexity index is 458. The van der Waals surface area contributed by atoms with E-state index in [1.165, 1.54) is 12.0 Å². The van der Waals surface area contributed by atoms with E-state index in [0.29, 0.717) is 6.54 Å². The van der Waals surface area contributed by atoms with E-state index in [-0.39, 0.29) is 6.04 Å². The van der Waals surface area contributed by atoms with Crippen LogP contribution in [0.1, 0.15) is 50.6 Å². The van der Waals surface area contributed by atoms with Gasteiger partial charge in [0.2, 0.25) is 0 Å². The zero-order chi connectivity index (χ0) is 15.3. The van der Waals surface area contributed by atoms with Gasteiger partial charge in [-0.25, -0.2) is 0 Å². The van der Waals surface area contributed by atoms with Crippen LogP contribution in [0.3, 0.4) is 0 Å². The Kier molecular flexibility index (Phi) is 5.97. The maximum Gasteiger partial charge on any atom is 0.132 e. The molecule has 4 heteroatoms. The second-order valence-electron chi connectivity index (χ2n) is 6.00. The van der Waals surface area contributed by atoms with Gasteiger partial charge in [-0.1, -0.05) is 25.3 Å². The normalized spacial score (nSPS) is 19.2. The number of benzene rings is 1. The summed E-state index contributed by atoms with van der Waals surface area (Å²) in [5.74, 6) is 0.921. The Morgan fingerprint density at radius 1 is 1.33 bits per heavy atom. The fourth-order valence-electron chi connectivity index (χ4n) is 2.97. The molecule has 0 saturated heterocycles. The van der Waals surface area contributed by atoms with Crippen LogP contribution in [0.15, 0.2) is 23.1 Å². The molecule has 0 spiro atoms. The summed E-state index contributed by atoms with van der Waals surface area (Å²) in [5, 5.41) is 14.0. The lowest BCUT2D eigenvalue weighted by atomic mass is 9.84. The first-order valence-electron chi connectivity index (χ1n) is 7.76. The molecule has 21 heavy (non-hydrogen) atoms. The minimum atomic E-state index is -0.518. The van der Waals surface area contributed by atoms with Gasteiger partial charge >= 0.3 is 0 Å². The van der Waals surface area contributed by atoms with Crippen LogP contribution in [0.25, 0.3) is 0 Å². The maximum atomic E-state index is 10.6. The summed E-state index contributed by atoms with van der Waals surface area (Å²) in [7, 11) is 1.71. The van der Waals surface area contributed by atoms with Crippen LogP contribution >= 0.6 is 11.8 Å². The van der Waals surface area contributed by atoms with E-state index in [1.807, 2.05) is 0 Å². The van der Waals surface area contributed by atoms with Crippen LogP contribution in [0.5, 0.6) is 5.75 Å². The zero-order valence-corrected chi connectivity index (χ0v) is 14.1. The van der Waals surface area contributed by atoms with Gasteiger partial charge < -0.3 is 15.2 Å². The molecular formula is C17H27NO2S. The predicted molar refractivity (Wildman–Crippen MR) is 89.2 cm³/mol. The van der Waals surface area contributed by atoms with Crippen molar-refractivity contribution in [3.05, 3.63) is 23.8 Å². The van der Waals surface area contributed by atoms with Crippen LogP contribution < -0.4 is 10.1 Å². The van der Waals surface area contributed by atoms with Crippen molar-refractivity contribution >= 4 is 11.8 Å². The molecule has 0 heterocycles. The predicted octanol–water partition coefficient (Wildman–Crippen LogP) is 3.76. The molecule has 0 bridgehead atoms. The Morgan fingerprint density at radius 3 is 2.67 bits per heavy atom. The third-order valence-corrected chi connectivity index (χ3v) is 5.21. The van der Waals surface area contributed by atoms with Gasteiger partial charge in [0, 0.05) is 17.5 Å². The first-order valence-corrected chi connectivity index (χ1v) is 8.98. The van der Waals surface area contributed by atoms with Gasteiger partial charge in [-0.2, -0.15) is 0 Å². The van der Waals surface area contributed by atoms with Crippen molar-refractivity contribution in [1.82, 2.24) is 5.32 Å². The van der Waals surface area contributed by atoms with E-state index in [0.717, 1.165) is 36.3 Å². The highest BCUT2D eigenvalue weighted by atomic mass is 32.2. The van der Waals surface area contributed by atoms with Crippen LogP contribution in [0.2, 0.25) is 0 Å². The number of thioether (sulfide) groups is 1. The Morgan fingerprint density at radius 2 is 2.05 bits per heavy atom. The van der Waals surface area contributed by atoms with Crippen LogP contribution in [-0.4, -0.2) is 30.6 Å². The van der Waals surface area contributed by atoms with Crippen molar-refractivity contribution in [1.29, 1.82) is 0 Å². The summed E-state index contributed by atoms with van der Waals surface area (Å²) in [6, 6.07) is 6.54. The fourth-order valence-corrected chi connectivity index (χ4v) is 3.52. The quantitative estimate of drug-likeness (QED) is 0.785. The number of methoxy groups -OCH3 is 1. The molecule has 1 unspecified atom stereocenters. The maximum absolute atomic E-state index is 10.6. The van der Waals surface area contributed by atoms with Gasteiger partial charge in [0.1, 0.15) is 5.75 Å². The number of rotatable bonds is 6. The van der Waals surface area contributed by atoms with Crippen molar-refractivity contribution in [3.63, 3.8) is 0 Å². The number of ether oxygens (including phenoxy) is 1. The molecule has 3 nitrogen and oxygen atoms in total. The number of hydrogen-bond donors (Lipinski definition) is 2. The molecule has 1 saturated carbocycles. The number of hydrogen-bond acceptors (Lipinski definition) is 4. The highest BCUT2D eigenvalue weighted by Crippen LogP contribution is 2.31. The molecule has 0 amide bonds. The third kappa shape index (κ3) is 4.38. The molecule has 0 aliphatic heterocycles. The van der Waals surface area contributed by atoms with Gasteiger partial charge in [0.05, 0.1) is 12.7 Å². The number of nitrogens with one attached hydrogen (secondary N) is 1. The van der Waals surface area contributed by atoms with Gasteiger partial charge in [0.25, 0.3) is 0 Å². The third-order valence-electron chi connectivity index (χ3n) is 4.43. The van der Waals surface area contributed by atoms with Gasteiger partial charge in [-0.15, -0.1) is 11.8 Å². The summed E-state index contributed by atoms with van der Waals surface area (Å²) in [4.78, 5) is 1.15. The van der Waals surface area contributed by atoms with Crippen molar-refractivity contribution in [2.24, 2.45) is 0 Å². The van der Waals surface area contributed by atoms with Crippen molar-refractivity contribution in [3.8, 4) is 5.75 Å². The second-order valence-corrected chi connectivity index (χ2v) is 6.85. The monoisotopic (exact) mass is 309 g/mol. The summed E-state index contributed by atoms with van der Waals surface area (Å²) in [5.41, 5.74) is 0.680. The first kappa shape index (κ1) is 16.7. The molecule has 1 atom stereocenters. The number of aliphatic hydroxyl groups is 1. The molecular weight excluding hydrogens is 282 g/mol. The smallest absolute Gasteiger partial charge is 0.132 e. The molecule has 1 fully saturated rings. The Hall–Kier alpha value is -0.710. The molecule has 1 aliphatic carbocycles. The molecule has 1 aromatic rings. The SMILES string of the molecule is COc1cc(C(C)NCC2(O)CCCCC2)ccc1SC. The molecule has 1 aromatic carbocycles. The van der Waals surface area contributed by atoms with E-state index < -0.39 is 5.60 Å². The minimum absolute atomic E-state index is 0.209. The van der Waals surface area contributed by atoms with Crippen LogP contribution in [0, 0.1) is 0 Å². The lowest BCUT2D eigenvalue weighted by Gasteiger charge is -2.33. The summed E-state index contributed by atoms with van der Waals surface area (Å²) < 4.78 is 5.44. The summed E-state index contributed by atoms with van der Waals surface area (Å²) in [6.45, 7) is 2.81. The second kappa shape index (κ2) is 7.52. The average molecular weight is 309 g/mol. The summed E-state index contributed by atoms with van der Waals surface area (Å²) in [6.07, 6.45) is 7.43. The van der Waals surface area contributed by atoms with Crippen molar-refractivity contribution in [2.45, 2.75) is 55.6 Å². The van der Waals surface area contributed by atoms with E-state index >= 15 is 0 Å².